The molecule has 0 aromatic heterocycles. The molecule has 5 nitrogen and oxygen atoms in total. The fourth-order valence-corrected chi connectivity index (χ4v) is 3.97. The SMILES string of the molecule is CCN1CCN(CCCCOc2cc(OC)ccc2C(=O)C=Cc2ccccc2Cl)CC1. The van der Waals surface area contributed by atoms with Crippen molar-refractivity contribution >= 4 is 23.5 Å². The molecule has 0 bridgehead atoms. The summed E-state index contributed by atoms with van der Waals surface area (Å²) in [7, 11) is 1.61. The molecule has 1 saturated heterocycles. The van der Waals surface area contributed by atoms with Crippen molar-refractivity contribution in [1.29, 1.82) is 0 Å². The predicted molar refractivity (Wildman–Crippen MR) is 131 cm³/mol. The molecule has 6 heteroatoms. The van der Waals surface area contributed by atoms with Gasteiger partial charge in [0.15, 0.2) is 5.78 Å². The molecule has 0 unspecified atom stereocenters. The fraction of sp³-hybridized carbons (Fsp3) is 0.423. The highest BCUT2D eigenvalue weighted by atomic mass is 35.5. The molecule has 0 N–H and O–H groups in total. The average molecular weight is 457 g/mol. The Morgan fingerprint density at radius 2 is 1.81 bits per heavy atom. The van der Waals surface area contributed by atoms with E-state index in [0.717, 1.165) is 57.7 Å². The summed E-state index contributed by atoms with van der Waals surface area (Å²) in [5.74, 6) is 1.09. The second-order valence-corrected chi connectivity index (χ2v) is 8.32. The van der Waals surface area contributed by atoms with Crippen molar-refractivity contribution < 1.29 is 14.3 Å². The Kier molecular flexibility index (Phi) is 9.60. The van der Waals surface area contributed by atoms with E-state index in [1.54, 1.807) is 37.5 Å². The van der Waals surface area contributed by atoms with Crippen LogP contribution in [0.3, 0.4) is 0 Å². The Labute approximate surface area is 196 Å². The van der Waals surface area contributed by atoms with Gasteiger partial charge in [-0.25, -0.2) is 0 Å². The maximum Gasteiger partial charge on any atom is 0.189 e. The van der Waals surface area contributed by atoms with Gasteiger partial charge in [0, 0.05) is 37.3 Å². The zero-order chi connectivity index (χ0) is 22.8. The van der Waals surface area contributed by atoms with E-state index < -0.39 is 0 Å². The minimum absolute atomic E-state index is 0.128. The van der Waals surface area contributed by atoms with Crippen molar-refractivity contribution in [1.82, 2.24) is 9.80 Å². The van der Waals surface area contributed by atoms with Crippen molar-refractivity contribution in [3.05, 3.63) is 64.7 Å². The molecule has 2 aromatic rings. The van der Waals surface area contributed by atoms with Crippen LogP contribution in [-0.4, -0.2) is 68.6 Å². The van der Waals surface area contributed by atoms with E-state index in [2.05, 4.69) is 16.7 Å². The summed E-state index contributed by atoms with van der Waals surface area (Å²) in [6.07, 6.45) is 5.28. The highest BCUT2D eigenvalue weighted by Crippen LogP contribution is 2.26. The first-order chi connectivity index (χ1) is 15.6. The highest BCUT2D eigenvalue weighted by Gasteiger charge is 2.15. The van der Waals surface area contributed by atoms with Crippen LogP contribution >= 0.6 is 11.6 Å². The first-order valence-electron chi connectivity index (χ1n) is 11.3. The third-order valence-corrected chi connectivity index (χ3v) is 6.16. The molecule has 2 aromatic carbocycles. The van der Waals surface area contributed by atoms with Gasteiger partial charge in [-0.15, -0.1) is 0 Å². The number of nitrogens with zero attached hydrogens (tertiary/aromatic N) is 2. The van der Waals surface area contributed by atoms with Gasteiger partial charge in [-0.3, -0.25) is 4.79 Å². The summed E-state index contributed by atoms with van der Waals surface area (Å²) < 4.78 is 11.3. The van der Waals surface area contributed by atoms with Crippen LogP contribution in [0.4, 0.5) is 0 Å². The van der Waals surface area contributed by atoms with Crippen molar-refractivity contribution in [2.75, 3.05) is 53.0 Å². The van der Waals surface area contributed by atoms with E-state index in [4.69, 9.17) is 21.1 Å². The molecule has 0 spiro atoms. The number of hydrogen-bond donors (Lipinski definition) is 0. The third-order valence-electron chi connectivity index (χ3n) is 5.81. The number of allylic oxidation sites excluding steroid dienone is 1. The number of carbonyl (C=O) groups excluding carboxylic acids is 1. The molecule has 0 saturated carbocycles. The molecule has 0 radical (unpaired) electrons. The fourth-order valence-electron chi connectivity index (χ4n) is 3.77. The van der Waals surface area contributed by atoms with E-state index in [-0.39, 0.29) is 5.78 Å². The maximum absolute atomic E-state index is 12.8. The lowest BCUT2D eigenvalue weighted by atomic mass is 10.1. The van der Waals surface area contributed by atoms with Gasteiger partial charge >= 0.3 is 0 Å². The molecule has 1 aliphatic rings. The maximum atomic E-state index is 12.8. The number of unbranched alkanes of at least 4 members (excludes halogenated alkanes) is 1. The number of carbonyl (C=O) groups is 1. The normalized spacial score (nSPS) is 15.2. The van der Waals surface area contributed by atoms with Crippen molar-refractivity contribution in [2.24, 2.45) is 0 Å². The number of piperazine rings is 1. The Morgan fingerprint density at radius 1 is 1.06 bits per heavy atom. The van der Waals surface area contributed by atoms with E-state index in [1.807, 2.05) is 18.2 Å². The second kappa shape index (κ2) is 12.6. The number of likely N-dealkylation sites (N-methyl/N-ethyl adjacent to an activating group) is 1. The number of ether oxygens (including phenoxy) is 2. The summed E-state index contributed by atoms with van der Waals surface area (Å²) >= 11 is 6.18. The van der Waals surface area contributed by atoms with Crippen LogP contribution in [0.5, 0.6) is 11.5 Å². The number of benzene rings is 2. The zero-order valence-corrected chi connectivity index (χ0v) is 19.8. The van der Waals surface area contributed by atoms with Gasteiger partial charge in [-0.1, -0.05) is 36.7 Å². The Morgan fingerprint density at radius 3 is 2.53 bits per heavy atom. The number of rotatable bonds is 11. The highest BCUT2D eigenvalue weighted by molar-refractivity contribution is 6.32. The van der Waals surface area contributed by atoms with E-state index in [1.165, 1.54) is 6.08 Å². The molecule has 0 aliphatic carbocycles. The molecule has 1 heterocycles. The summed E-state index contributed by atoms with van der Waals surface area (Å²) in [4.78, 5) is 17.8. The first-order valence-corrected chi connectivity index (χ1v) is 11.7. The van der Waals surface area contributed by atoms with Crippen LogP contribution in [0.15, 0.2) is 48.5 Å². The summed E-state index contributed by atoms with van der Waals surface area (Å²) in [5.41, 5.74) is 1.32. The smallest absolute Gasteiger partial charge is 0.189 e. The van der Waals surface area contributed by atoms with Gasteiger partial charge in [0.1, 0.15) is 11.5 Å². The lowest BCUT2D eigenvalue weighted by Crippen LogP contribution is -2.46. The second-order valence-electron chi connectivity index (χ2n) is 7.91. The van der Waals surface area contributed by atoms with Crippen LogP contribution in [0.1, 0.15) is 35.7 Å². The van der Waals surface area contributed by atoms with Crippen LogP contribution in [-0.2, 0) is 0 Å². The third kappa shape index (κ3) is 7.09. The summed E-state index contributed by atoms with van der Waals surface area (Å²) in [6, 6.07) is 12.7. The van der Waals surface area contributed by atoms with Gasteiger partial charge in [0.2, 0.25) is 0 Å². The molecule has 1 aliphatic heterocycles. The molecular weight excluding hydrogens is 424 g/mol. The monoisotopic (exact) mass is 456 g/mol. The minimum atomic E-state index is -0.128. The van der Waals surface area contributed by atoms with Crippen LogP contribution < -0.4 is 9.47 Å². The Hall–Kier alpha value is -2.34. The number of ketones is 1. The predicted octanol–water partition coefficient (Wildman–Crippen LogP) is 5.04. The Bertz CT molecular complexity index is 908. The van der Waals surface area contributed by atoms with Crippen molar-refractivity contribution in [3.8, 4) is 11.5 Å². The molecule has 0 atom stereocenters. The molecule has 3 rings (SSSR count). The van der Waals surface area contributed by atoms with Crippen molar-refractivity contribution in [3.63, 3.8) is 0 Å². The molecular formula is C26H33ClN2O3. The minimum Gasteiger partial charge on any atom is -0.497 e. The summed E-state index contributed by atoms with van der Waals surface area (Å²) in [6.45, 7) is 9.60. The lowest BCUT2D eigenvalue weighted by molar-refractivity contribution is 0.104. The molecule has 1 fully saturated rings. The quantitative estimate of drug-likeness (QED) is 0.269. The zero-order valence-electron chi connectivity index (χ0n) is 19.1. The summed E-state index contributed by atoms with van der Waals surface area (Å²) in [5, 5.41) is 0.610. The van der Waals surface area contributed by atoms with Gasteiger partial charge < -0.3 is 19.3 Å². The van der Waals surface area contributed by atoms with Crippen molar-refractivity contribution in [2.45, 2.75) is 19.8 Å². The van der Waals surface area contributed by atoms with Crippen LogP contribution in [0.25, 0.3) is 6.08 Å². The van der Waals surface area contributed by atoms with Gasteiger partial charge in [0.25, 0.3) is 0 Å². The molecule has 0 amide bonds. The Balaban J connectivity index is 1.54. The van der Waals surface area contributed by atoms with E-state index in [0.29, 0.717) is 28.7 Å². The topological polar surface area (TPSA) is 42.0 Å². The molecule has 32 heavy (non-hydrogen) atoms. The standard InChI is InChI=1S/C26H33ClN2O3/c1-3-28-15-17-29(18-16-28)14-6-7-19-32-26-20-22(31-2)11-12-23(26)25(30)13-10-21-8-4-5-9-24(21)27/h4-5,8-13,20H,3,6-7,14-19H2,1-2H3. The van der Waals surface area contributed by atoms with Crippen LogP contribution in [0.2, 0.25) is 5.02 Å². The van der Waals surface area contributed by atoms with Gasteiger partial charge in [0.05, 0.1) is 19.3 Å². The lowest BCUT2D eigenvalue weighted by Gasteiger charge is -2.33. The molecule has 172 valence electrons. The van der Waals surface area contributed by atoms with Crippen LogP contribution in [0, 0.1) is 0 Å². The van der Waals surface area contributed by atoms with Gasteiger partial charge in [-0.05, 0) is 61.8 Å². The van der Waals surface area contributed by atoms with E-state index >= 15 is 0 Å². The van der Waals surface area contributed by atoms with E-state index in [9.17, 15) is 4.79 Å². The number of halogens is 1. The number of methoxy groups -OCH3 is 1. The first kappa shape index (κ1) is 24.3. The van der Waals surface area contributed by atoms with Gasteiger partial charge in [-0.2, -0.15) is 0 Å². The number of hydrogen-bond acceptors (Lipinski definition) is 5. The average Bonchev–Trinajstić information content (AvgIpc) is 2.83. The largest absolute Gasteiger partial charge is 0.497 e.